The Kier molecular flexibility index (Phi) is 7.42. The summed E-state index contributed by atoms with van der Waals surface area (Å²) in [6.45, 7) is 4.27. The van der Waals surface area contributed by atoms with Gasteiger partial charge in [-0.05, 0) is 29.9 Å². The van der Waals surface area contributed by atoms with E-state index in [-0.39, 0.29) is 30.7 Å². The second-order valence-electron chi connectivity index (χ2n) is 7.95. The first kappa shape index (κ1) is 22.9. The number of carbonyl (C=O) groups excluding carboxylic acids is 2. The summed E-state index contributed by atoms with van der Waals surface area (Å²) < 4.78 is 5.41. The molecule has 0 spiro atoms. The van der Waals surface area contributed by atoms with Crippen LogP contribution in [-0.4, -0.2) is 51.9 Å². The number of likely N-dealkylation sites (tertiary alicyclic amines) is 1. The quantitative estimate of drug-likeness (QED) is 0.506. The van der Waals surface area contributed by atoms with E-state index in [0.717, 1.165) is 11.1 Å². The van der Waals surface area contributed by atoms with Gasteiger partial charge in [0.15, 0.2) is 5.76 Å². The Bertz CT molecular complexity index is 964. The van der Waals surface area contributed by atoms with Crippen LogP contribution >= 0.6 is 11.8 Å². The number of benzene rings is 1. The minimum Gasteiger partial charge on any atom is -0.391 e. The van der Waals surface area contributed by atoms with Crippen LogP contribution in [-0.2, 0) is 16.1 Å². The number of nitrogens with one attached hydrogen (secondary N) is 1. The molecule has 0 bridgehead atoms. The smallest absolute Gasteiger partial charge is 0.243 e. The lowest BCUT2D eigenvalue weighted by Gasteiger charge is -2.28. The highest BCUT2D eigenvalue weighted by Gasteiger charge is 2.43. The van der Waals surface area contributed by atoms with Gasteiger partial charge >= 0.3 is 0 Å². The maximum Gasteiger partial charge on any atom is 0.243 e. The van der Waals surface area contributed by atoms with Crippen LogP contribution < -0.4 is 5.32 Å². The van der Waals surface area contributed by atoms with Crippen molar-refractivity contribution in [2.45, 2.75) is 49.9 Å². The molecule has 2 heterocycles. The number of rotatable bonds is 7. The number of β-amino-alcohol motifs (C(OH)–C–C–N with tert-alkyl or cyclic N) is 1. The molecule has 3 rings (SSSR count). The second-order valence-corrected chi connectivity index (χ2v) is 8.77. The van der Waals surface area contributed by atoms with Crippen molar-refractivity contribution in [3.8, 4) is 12.3 Å². The minimum atomic E-state index is -0.751. The third-order valence-electron chi connectivity index (χ3n) is 5.41. The standard InChI is InChI=1S/C23H27N3O4S/c1-5-15-6-8-16(9-7-15)12-24-22(28)18-10-17(27)13-26(18)23(29)21(14(2)3)19-11-20(31-4)25-30-19/h1,6-9,11,14,17-18,21,27H,10,12-13H2,2-4H3,(H,24,28)/t17-,18+,21+/m1/s1. The number of aromatic nitrogens is 1. The van der Waals surface area contributed by atoms with Gasteiger partial charge in [-0.3, -0.25) is 9.59 Å². The molecule has 1 aromatic carbocycles. The van der Waals surface area contributed by atoms with E-state index < -0.39 is 18.1 Å². The summed E-state index contributed by atoms with van der Waals surface area (Å²) in [6.07, 6.45) is 6.69. The number of carbonyl (C=O) groups is 2. The number of thioether (sulfide) groups is 1. The minimum absolute atomic E-state index is 0.0636. The topological polar surface area (TPSA) is 95.7 Å². The Labute approximate surface area is 186 Å². The highest BCUT2D eigenvalue weighted by atomic mass is 32.2. The lowest BCUT2D eigenvalue weighted by atomic mass is 9.91. The lowest BCUT2D eigenvalue weighted by molar-refractivity contribution is -0.141. The average molecular weight is 442 g/mol. The molecule has 1 fully saturated rings. The predicted molar refractivity (Wildman–Crippen MR) is 118 cm³/mol. The molecule has 2 N–H and O–H groups in total. The van der Waals surface area contributed by atoms with E-state index in [0.29, 0.717) is 17.3 Å². The van der Waals surface area contributed by atoms with Crippen LogP contribution in [0.3, 0.4) is 0 Å². The number of aliphatic hydroxyl groups excluding tert-OH is 1. The van der Waals surface area contributed by atoms with Crippen molar-refractivity contribution in [1.29, 1.82) is 0 Å². The first-order valence-electron chi connectivity index (χ1n) is 10.2. The van der Waals surface area contributed by atoms with Crippen molar-refractivity contribution in [1.82, 2.24) is 15.4 Å². The highest BCUT2D eigenvalue weighted by molar-refractivity contribution is 7.98. The van der Waals surface area contributed by atoms with E-state index in [4.69, 9.17) is 10.9 Å². The van der Waals surface area contributed by atoms with Crippen molar-refractivity contribution in [2.75, 3.05) is 12.8 Å². The van der Waals surface area contributed by atoms with Crippen LogP contribution in [0, 0.1) is 18.3 Å². The fourth-order valence-electron chi connectivity index (χ4n) is 3.76. The molecule has 1 saturated heterocycles. The van der Waals surface area contributed by atoms with Crippen LogP contribution in [0.1, 0.15) is 43.1 Å². The van der Waals surface area contributed by atoms with E-state index in [1.807, 2.05) is 44.4 Å². The molecule has 0 radical (unpaired) electrons. The number of hydrogen-bond acceptors (Lipinski definition) is 6. The van der Waals surface area contributed by atoms with Crippen LogP contribution in [0.25, 0.3) is 0 Å². The van der Waals surface area contributed by atoms with Crippen molar-refractivity contribution in [2.24, 2.45) is 5.92 Å². The van der Waals surface area contributed by atoms with Crippen LogP contribution in [0.4, 0.5) is 0 Å². The van der Waals surface area contributed by atoms with Gasteiger partial charge in [-0.2, -0.15) is 0 Å². The van der Waals surface area contributed by atoms with Gasteiger partial charge in [0, 0.05) is 31.1 Å². The fraction of sp³-hybridized carbons (Fsp3) is 0.435. The molecule has 2 amide bonds. The van der Waals surface area contributed by atoms with Gasteiger partial charge in [-0.15, -0.1) is 18.2 Å². The normalized spacial score (nSPS) is 19.3. The molecule has 0 saturated carbocycles. The molecule has 0 aliphatic carbocycles. The molecule has 8 heteroatoms. The molecule has 1 aliphatic rings. The molecular weight excluding hydrogens is 414 g/mol. The number of amides is 2. The first-order chi connectivity index (χ1) is 14.8. The van der Waals surface area contributed by atoms with Gasteiger partial charge in [0.25, 0.3) is 0 Å². The molecule has 1 aliphatic heterocycles. The van der Waals surface area contributed by atoms with E-state index in [1.54, 1.807) is 6.07 Å². The second kappa shape index (κ2) is 10.0. The molecule has 3 atom stereocenters. The Morgan fingerprint density at radius 3 is 2.68 bits per heavy atom. The fourth-order valence-corrected chi connectivity index (χ4v) is 4.11. The van der Waals surface area contributed by atoms with Crippen molar-refractivity contribution < 1.29 is 19.2 Å². The number of hydrogen-bond donors (Lipinski definition) is 2. The van der Waals surface area contributed by atoms with Gasteiger partial charge < -0.3 is 19.8 Å². The summed E-state index contributed by atoms with van der Waals surface area (Å²) in [4.78, 5) is 27.8. The van der Waals surface area contributed by atoms with E-state index >= 15 is 0 Å². The van der Waals surface area contributed by atoms with Crippen LogP contribution in [0.15, 0.2) is 39.9 Å². The van der Waals surface area contributed by atoms with E-state index in [9.17, 15) is 14.7 Å². The van der Waals surface area contributed by atoms with Crippen LogP contribution in [0.2, 0.25) is 0 Å². The van der Waals surface area contributed by atoms with Gasteiger partial charge in [0.1, 0.15) is 17.0 Å². The summed E-state index contributed by atoms with van der Waals surface area (Å²) >= 11 is 1.43. The molecule has 1 aromatic heterocycles. The molecule has 0 unspecified atom stereocenters. The first-order valence-corrected chi connectivity index (χ1v) is 11.4. The largest absolute Gasteiger partial charge is 0.391 e. The molecule has 31 heavy (non-hydrogen) atoms. The third kappa shape index (κ3) is 5.30. The third-order valence-corrected chi connectivity index (χ3v) is 6.02. The zero-order valence-corrected chi connectivity index (χ0v) is 18.7. The summed E-state index contributed by atoms with van der Waals surface area (Å²) in [7, 11) is 0. The summed E-state index contributed by atoms with van der Waals surface area (Å²) in [6, 6.07) is 8.34. The van der Waals surface area contributed by atoms with Gasteiger partial charge in [0.2, 0.25) is 11.8 Å². The zero-order valence-electron chi connectivity index (χ0n) is 17.9. The SMILES string of the molecule is C#Cc1ccc(CNC(=O)[C@@H]2C[C@@H](O)CN2C(=O)[C@H](c2cc(SC)no2)C(C)C)cc1. The number of aliphatic hydroxyl groups is 1. The lowest BCUT2D eigenvalue weighted by Crippen LogP contribution is -2.48. The van der Waals surface area contributed by atoms with Gasteiger partial charge in [0.05, 0.1) is 6.10 Å². The van der Waals surface area contributed by atoms with E-state index in [2.05, 4.69) is 16.4 Å². The zero-order chi connectivity index (χ0) is 22.5. The van der Waals surface area contributed by atoms with Gasteiger partial charge in [-0.1, -0.05) is 37.1 Å². The van der Waals surface area contributed by atoms with E-state index in [1.165, 1.54) is 16.7 Å². The Hall–Kier alpha value is -2.76. The average Bonchev–Trinajstić information content (AvgIpc) is 3.38. The van der Waals surface area contributed by atoms with Crippen molar-refractivity contribution in [3.63, 3.8) is 0 Å². The summed E-state index contributed by atoms with van der Waals surface area (Å²) in [5, 5.41) is 17.7. The number of terminal acetylenes is 1. The predicted octanol–water partition coefficient (Wildman–Crippen LogP) is 2.40. The maximum atomic E-state index is 13.4. The Morgan fingerprint density at radius 2 is 2.10 bits per heavy atom. The summed E-state index contributed by atoms with van der Waals surface area (Å²) in [5.41, 5.74) is 1.66. The van der Waals surface area contributed by atoms with Crippen LogP contribution in [0.5, 0.6) is 0 Å². The monoisotopic (exact) mass is 441 g/mol. The molecule has 164 valence electrons. The Morgan fingerprint density at radius 1 is 1.39 bits per heavy atom. The Balaban J connectivity index is 1.73. The number of nitrogens with zero attached hydrogens (tertiary/aromatic N) is 2. The van der Waals surface area contributed by atoms with Crippen molar-refractivity contribution >= 4 is 23.6 Å². The molecule has 2 aromatic rings. The van der Waals surface area contributed by atoms with Gasteiger partial charge in [-0.25, -0.2) is 0 Å². The maximum absolute atomic E-state index is 13.4. The molecule has 7 nitrogen and oxygen atoms in total. The molecular formula is C23H27N3O4S. The van der Waals surface area contributed by atoms with Crippen molar-refractivity contribution in [3.05, 3.63) is 47.2 Å². The highest BCUT2D eigenvalue weighted by Crippen LogP contribution is 2.32. The summed E-state index contributed by atoms with van der Waals surface area (Å²) in [5.74, 6) is 1.84.